The fourth-order valence-electron chi connectivity index (χ4n) is 2.60. The maximum absolute atomic E-state index is 9.42. The Bertz CT molecular complexity index is 863. The molecule has 0 aliphatic carbocycles. The summed E-state index contributed by atoms with van der Waals surface area (Å²) in [6.07, 6.45) is 0. The molecule has 0 fully saturated rings. The first-order valence-electron chi connectivity index (χ1n) is 6.74. The molecule has 1 aromatic heterocycles. The van der Waals surface area contributed by atoms with E-state index in [-0.39, 0.29) is 6.61 Å². The maximum atomic E-state index is 9.42. The summed E-state index contributed by atoms with van der Waals surface area (Å²) in [5, 5.41) is 19.4. The van der Waals surface area contributed by atoms with Gasteiger partial charge in [0.15, 0.2) is 0 Å². The molecule has 0 saturated heterocycles. The van der Waals surface area contributed by atoms with Gasteiger partial charge in [-0.3, -0.25) is 0 Å². The van der Waals surface area contributed by atoms with Crippen LogP contribution < -0.4 is 0 Å². The number of hydrogen-bond acceptors (Lipinski definition) is 3. The number of pyridine rings is 1. The molecule has 2 aromatic carbocycles. The van der Waals surface area contributed by atoms with Crippen LogP contribution in [0.4, 0.5) is 0 Å². The Hall–Kier alpha value is -2.70. The van der Waals surface area contributed by atoms with Crippen molar-refractivity contribution in [2.75, 3.05) is 0 Å². The standard InChI is InChI=1S/C18H14N2O/c1-12-13(11-21)4-2-5-15(12)16-6-3-7-18-17(16)9-8-14(10-19)20-18/h2-9,21H,11H2,1H3. The largest absolute Gasteiger partial charge is 0.392 e. The highest BCUT2D eigenvalue weighted by atomic mass is 16.3. The Kier molecular flexibility index (Phi) is 3.39. The minimum Gasteiger partial charge on any atom is -0.392 e. The fourth-order valence-corrected chi connectivity index (χ4v) is 2.60. The van der Waals surface area contributed by atoms with Crippen LogP contribution in [-0.4, -0.2) is 10.1 Å². The van der Waals surface area contributed by atoms with Crippen molar-refractivity contribution < 1.29 is 5.11 Å². The lowest BCUT2D eigenvalue weighted by Crippen LogP contribution is -1.93. The van der Waals surface area contributed by atoms with Crippen LogP contribution in [0.1, 0.15) is 16.8 Å². The van der Waals surface area contributed by atoms with Gasteiger partial charge in [-0.15, -0.1) is 0 Å². The molecular formula is C18H14N2O. The Morgan fingerprint density at radius 2 is 1.81 bits per heavy atom. The first-order valence-corrected chi connectivity index (χ1v) is 6.74. The third-order valence-corrected chi connectivity index (χ3v) is 3.75. The smallest absolute Gasteiger partial charge is 0.141 e. The van der Waals surface area contributed by atoms with E-state index in [0.29, 0.717) is 5.69 Å². The van der Waals surface area contributed by atoms with Crippen molar-refractivity contribution in [1.29, 1.82) is 5.26 Å². The minimum atomic E-state index is 0.0290. The van der Waals surface area contributed by atoms with Crippen molar-refractivity contribution >= 4 is 10.9 Å². The van der Waals surface area contributed by atoms with Crippen molar-refractivity contribution in [3.05, 3.63) is 65.4 Å². The molecule has 1 N–H and O–H groups in total. The summed E-state index contributed by atoms with van der Waals surface area (Å²) in [4.78, 5) is 4.34. The van der Waals surface area contributed by atoms with Crippen LogP contribution in [0, 0.1) is 18.3 Å². The van der Waals surface area contributed by atoms with E-state index in [1.165, 1.54) is 0 Å². The van der Waals surface area contributed by atoms with E-state index >= 15 is 0 Å². The molecule has 1 heterocycles. The summed E-state index contributed by atoms with van der Waals surface area (Å²) in [5.41, 5.74) is 5.36. The summed E-state index contributed by atoms with van der Waals surface area (Å²) < 4.78 is 0. The normalized spacial score (nSPS) is 10.5. The third kappa shape index (κ3) is 2.26. The molecule has 3 aromatic rings. The van der Waals surface area contributed by atoms with Crippen molar-refractivity contribution in [3.63, 3.8) is 0 Å². The molecule has 0 amide bonds. The van der Waals surface area contributed by atoms with E-state index in [1.54, 1.807) is 6.07 Å². The van der Waals surface area contributed by atoms with E-state index in [0.717, 1.165) is 33.2 Å². The first-order chi connectivity index (χ1) is 10.2. The number of fused-ring (bicyclic) bond motifs is 1. The van der Waals surface area contributed by atoms with Crippen molar-refractivity contribution in [2.45, 2.75) is 13.5 Å². The molecular weight excluding hydrogens is 260 g/mol. The van der Waals surface area contributed by atoms with Gasteiger partial charge in [0.05, 0.1) is 12.1 Å². The summed E-state index contributed by atoms with van der Waals surface area (Å²) >= 11 is 0. The molecule has 0 bridgehead atoms. The van der Waals surface area contributed by atoms with E-state index in [2.05, 4.69) is 11.1 Å². The van der Waals surface area contributed by atoms with Crippen LogP contribution in [0.15, 0.2) is 48.5 Å². The van der Waals surface area contributed by atoms with E-state index in [4.69, 9.17) is 5.26 Å². The molecule has 0 atom stereocenters. The first kappa shape index (κ1) is 13.3. The molecule has 3 rings (SSSR count). The van der Waals surface area contributed by atoms with Gasteiger partial charge >= 0.3 is 0 Å². The highest BCUT2D eigenvalue weighted by Crippen LogP contribution is 2.31. The van der Waals surface area contributed by atoms with E-state index in [9.17, 15) is 5.11 Å². The zero-order valence-electron chi connectivity index (χ0n) is 11.7. The van der Waals surface area contributed by atoms with Crippen LogP contribution in [0.2, 0.25) is 0 Å². The monoisotopic (exact) mass is 274 g/mol. The molecule has 102 valence electrons. The zero-order valence-corrected chi connectivity index (χ0v) is 11.7. The third-order valence-electron chi connectivity index (χ3n) is 3.75. The lowest BCUT2D eigenvalue weighted by Gasteiger charge is -2.12. The second-order valence-electron chi connectivity index (χ2n) is 4.93. The van der Waals surface area contributed by atoms with E-state index < -0.39 is 0 Å². The molecule has 21 heavy (non-hydrogen) atoms. The predicted octanol–water partition coefficient (Wildman–Crippen LogP) is 3.57. The minimum absolute atomic E-state index is 0.0290. The topological polar surface area (TPSA) is 56.9 Å². The fraction of sp³-hybridized carbons (Fsp3) is 0.111. The van der Waals surface area contributed by atoms with Gasteiger partial charge in [0.1, 0.15) is 11.8 Å². The molecule has 0 spiro atoms. The van der Waals surface area contributed by atoms with Gasteiger partial charge in [0.25, 0.3) is 0 Å². The number of aliphatic hydroxyl groups excluding tert-OH is 1. The SMILES string of the molecule is Cc1c(CO)cccc1-c1cccc2nc(C#N)ccc12. The zero-order chi connectivity index (χ0) is 14.8. The number of hydrogen-bond donors (Lipinski definition) is 1. The molecule has 3 heteroatoms. The van der Waals surface area contributed by atoms with Crippen LogP contribution in [0.25, 0.3) is 22.0 Å². The number of aliphatic hydroxyl groups is 1. The van der Waals surface area contributed by atoms with Gasteiger partial charge in [-0.05, 0) is 47.4 Å². The van der Waals surface area contributed by atoms with Gasteiger partial charge in [-0.25, -0.2) is 4.98 Å². The lowest BCUT2D eigenvalue weighted by molar-refractivity contribution is 0.281. The molecule has 3 nitrogen and oxygen atoms in total. The number of benzene rings is 2. The van der Waals surface area contributed by atoms with Crippen molar-refractivity contribution in [2.24, 2.45) is 0 Å². The number of rotatable bonds is 2. The Morgan fingerprint density at radius 3 is 2.57 bits per heavy atom. The Balaban J connectivity index is 2.29. The summed E-state index contributed by atoms with van der Waals surface area (Å²) in [6.45, 7) is 2.04. The summed E-state index contributed by atoms with van der Waals surface area (Å²) in [6, 6.07) is 17.5. The molecule has 0 radical (unpaired) electrons. The van der Waals surface area contributed by atoms with Crippen LogP contribution >= 0.6 is 0 Å². The average molecular weight is 274 g/mol. The second-order valence-corrected chi connectivity index (χ2v) is 4.93. The van der Waals surface area contributed by atoms with Gasteiger partial charge < -0.3 is 5.11 Å². The predicted molar refractivity (Wildman–Crippen MR) is 82.6 cm³/mol. The van der Waals surface area contributed by atoms with Crippen LogP contribution in [-0.2, 0) is 6.61 Å². The maximum Gasteiger partial charge on any atom is 0.141 e. The Morgan fingerprint density at radius 1 is 1.05 bits per heavy atom. The Labute approximate surface area is 123 Å². The highest BCUT2D eigenvalue weighted by Gasteiger charge is 2.09. The van der Waals surface area contributed by atoms with Crippen LogP contribution in [0.5, 0.6) is 0 Å². The van der Waals surface area contributed by atoms with E-state index in [1.807, 2.05) is 49.4 Å². The number of nitriles is 1. The lowest BCUT2D eigenvalue weighted by atomic mass is 9.94. The van der Waals surface area contributed by atoms with Gasteiger partial charge in [0.2, 0.25) is 0 Å². The second kappa shape index (κ2) is 5.35. The number of aromatic nitrogens is 1. The molecule has 0 aliphatic heterocycles. The van der Waals surface area contributed by atoms with Gasteiger partial charge in [-0.2, -0.15) is 5.26 Å². The highest BCUT2D eigenvalue weighted by molar-refractivity contribution is 5.95. The average Bonchev–Trinajstić information content (AvgIpc) is 2.54. The van der Waals surface area contributed by atoms with Gasteiger partial charge in [-0.1, -0.05) is 30.3 Å². The molecule has 0 saturated carbocycles. The molecule has 0 aliphatic rings. The van der Waals surface area contributed by atoms with Gasteiger partial charge in [0, 0.05) is 5.39 Å². The van der Waals surface area contributed by atoms with Crippen LogP contribution in [0.3, 0.4) is 0 Å². The summed E-state index contributed by atoms with van der Waals surface area (Å²) in [7, 11) is 0. The number of nitrogens with zero attached hydrogens (tertiary/aromatic N) is 2. The summed E-state index contributed by atoms with van der Waals surface area (Å²) in [5.74, 6) is 0. The molecule has 0 unspecified atom stereocenters. The quantitative estimate of drug-likeness (QED) is 0.777. The van der Waals surface area contributed by atoms with Crippen molar-refractivity contribution in [3.8, 4) is 17.2 Å². The van der Waals surface area contributed by atoms with Crippen molar-refractivity contribution in [1.82, 2.24) is 4.98 Å².